The Kier molecular flexibility index (Phi) is 4.73. The maximum absolute atomic E-state index is 11.3. The summed E-state index contributed by atoms with van der Waals surface area (Å²) in [6.45, 7) is 0.639. The Balaban J connectivity index is 2.47. The first-order valence-corrected chi connectivity index (χ1v) is 5.25. The second-order valence-corrected chi connectivity index (χ2v) is 3.76. The number of hydrogen-bond donors (Lipinski definition) is 2. The first kappa shape index (κ1) is 12.5. The summed E-state index contributed by atoms with van der Waals surface area (Å²) in [5.41, 5.74) is 0. The van der Waals surface area contributed by atoms with Gasteiger partial charge >= 0.3 is 5.97 Å². The van der Waals surface area contributed by atoms with Gasteiger partial charge in [-0.25, -0.2) is 0 Å². The van der Waals surface area contributed by atoms with Gasteiger partial charge in [-0.2, -0.15) is 5.26 Å². The molecule has 16 heavy (non-hydrogen) atoms. The summed E-state index contributed by atoms with van der Waals surface area (Å²) in [6.07, 6.45) is 2.38. The number of hydrogen-bond acceptors (Lipinski definition) is 4. The van der Waals surface area contributed by atoms with Crippen molar-refractivity contribution in [2.24, 2.45) is 0 Å². The zero-order chi connectivity index (χ0) is 12.0. The molecular formula is C10H15N3O3. The van der Waals surface area contributed by atoms with Crippen LogP contribution in [-0.4, -0.2) is 47.6 Å². The minimum absolute atomic E-state index is 0.0373. The van der Waals surface area contributed by atoms with Crippen LogP contribution in [0.15, 0.2) is 0 Å². The van der Waals surface area contributed by atoms with Gasteiger partial charge in [-0.1, -0.05) is 6.42 Å². The molecule has 1 amide bonds. The van der Waals surface area contributed by atoms with Crippen molar-refractivity contribution in [2.45, 2.75) is 25.3 Å². The molecular weight excluding hydrogens is 210 g/mol. The quantitative estimate of drug-likeness (QED) is 0.633. The van der Waals surface area contributed by atoms with Crippen molar-refractivity contribution in [2.75, 3.05) is 19.6 Å². The number of carbonyl (C=O) groups is 2. The van der Waals surface area contributed by atoms with Crippen LogP contribution in [-0.2, 0) is 9.59 Å². The van der Waals surface area contributed by atoms with Crippen LogP contribution in [0.2, 0.25) is 0 Å². The van der Waals surface area contributed by atoms with Crippen molar-refractivity contribution in [3.05, 3.63) is 0 Å². The van der Waals surface area contributed by atoms with Crippen LogP contribution in [0, 0.1) is 11.3 Å². The van der Waals surface area contributed by atoms with Gasteiger partial charge in [0, 0.05) is 0 Å². The zero-order valence-electron chi connectivity index (χ0n) is 8.98. The summed E-state index contributed by atoms with van der Waals surface area (Å²) >= 11 is 0. The number of carboxylic acid groups (broad SMARTS) is 1. The average Bonchev–Trinajstić information content (AvgIpc) is 2.27. The molecule has 2 N–H and O–H groups in total. The molecule has 0 radical (unpaired) electrons. The third-order valence-corrected chi connectivity index (χ3v) is 2.61. The highest BCUT2D eigenvalue weighted by atomic mass is 16.4. The van der Waals surface area contributed by atoms with Crippen molar-refractivity contribution < 1.29 is 14.7 Å². The van der Waals surface area contributed by atoms with E-state index in [9.17, 15) is 9.59 Å². The van der Waals surface area contributed by atoms with Gasteiger partial charge in [-0.3, -0.25) is 14.5 Å². The fourth-order valence-electron chi connectivity index (χ4n) is 1.84. The largest absolute Gasteiger partial charge is 0.480 e. The minimum atomic E-state index is -0.882. The molecule has 1 aliphatic heterocycles. The molecule has 1 aliphatic rings. The standard InChI is InChI=1S/C10H15N3O3/c11-4-5-12-9(14)7-13-6-2-1-3-8(13)10(15)16/h8H,1-3,5-7H2,(H,12,14)(H,15,16). The van der Waals surface area contributed by atoms with Crippen molar-refractivity contribution in [3.8, 4) is 6.07 Å². The van der Waals surface area contributed by atoms with E-state index in [1.807, 2.05) is 0 Å². The van der Waals surface area contributed by atoms with Gasteiger partial charge in [0.2, 0.25) is 5.91 Å². The van der Waals surface area contributed by atoms with Crippen LogP contribution in [0.5, 0.6) is 0 Å². The molecule has 1 heterocycles. The summed E-state index contributed by atoms with van der Waals surface area (Å²) in [5, 5.41) is 19.7. The number of nitrogens with one attached hydrogen (secondary N) is 1. The van der Waals surface area contributed by atoms with Crippen LogP contribution in [0.3, 0.4) is 0 Å². The number of carboxylic acids is 1. The molecule has 1 fully saturated rings. The third-order valence-electron chi connectivity index (χ3n) is 2.61. The first-order chi connectivity index (χ1) is 7.65. The van der Waals surface area contributed by atoms with E-state index in [1.54, 1.807) is 11.0 Å². The lowest BCUT2D eigenvalue weighted by molar-refractivity contribution is -0.145. The number of amides is 1. The van der Waals surface area contributed by atoms with Gasteiger partial charge in [-0.15, -0.1) is 0 Å². The number of aliphatic carboxylic acids is 1. The Hall–Kier alpha value is -1.61. The highest BCUT2D eigenvalue weighted by Crippen LogP contribution is 2.16. The van der Waals surface area contributed by atoms with Crippen LogP contribution < -0.4 is 5.32 Å². The second kappa shape index (κ2) is 6.08. The molecule has 0 saturated carbocycles. The molecule has 0 spiro atoms. The lowest BCUT2D eigenvalue weighted by Gasteiger charge is -2.31. The average molecular weight is 225 g/mol. The molecule has 0 aromatic heterocycles. The number of nitriles is 1. The predicted molar refractivity (Wildman–Crippen MR) is 55.5 cm³/mol. The predicted octanol–water partition coefficient (Wildman–Crippen LogP) is -0.435. The smallest absolute Gasteiger partial charge is 0.320 e. The fourth-order valence-corrected chi connectivity index (χ4v) is 1.84. The molecule has 6 nitrogen and oxygen atoms in total. The minimum Gasteiger partial charge on any atom is -0.480 e. The number of carbonyl (C=O) groups excluding carboxylic acids is 1. The highest BCUT2D eigenvalue weighted by Gasteiger charge is 2.29. The SMILES string of the molecule is N#CCNC(=O)CN1CCCCC1C(=O)O. The maximum atomic E-state index is 11.3. The highest BCUT2D eigenvalue weighted by molar-refractivity contribution is 5.80. The molecule has 1 rings (SSSR count). The van der Waals surface area contributed by atoms with Gasteiger partial charge in [0.15, 0.2) is 0 Å². The van der Waals surface area contributed by atoms with Gasteiger partial charge in [0.05, 0.1) is 12.6 Å². The Morgan fingerprint density at radius 2 is 2.25 bits per heavy atom. The molecule has 88 valence electrons. The van der Waals surface area contributed by atoms with Crippen LogP contribution >= 0.6 is 0 Å². The van der Waals surface area contributed by atoms with Gasteiger partial charge in [0.25, 0.3) is 0 Å². The molecule has 0 bridgehead atoms. The fraction of sp³-hybridized carbons (Fsp3) is 0.700. The summed E-state index contributed by atoms with van der Waals surface area (Å²) in [6, 6.07) is 1.24. The summed E-state index contributed by atoms with van der Waals surface area (Å²) in [4.78, 5) is 23.9. The molecule has 0 aliphatic carbocycles. The summed E-state index contributed by atoms with van der Waals surface area (Å²) in [7, 11) is 0. The molecule has 1 unspecified atom stereocenters. The molecule has 0 aromatic rings. The van der Waals surface area contributed by atoms with Crippen molar-refractivity contribution in [1.82, 2.24) is 10.2 Å². The summed E-state index contributed by atoms with van der Waals surface area (Å²) in [5.74, 6) is -1.18. The lowest BCUT2D eigenvalue weighted by Crippen LogP contribution is -2.49. The first-order valence-electron chi connectivity index (χ1n) is 5.25. The number of rotatable bonds is 4. The number of likely N-dealkylation sites (tertiary alicyclic amines) is 1. The second-order valence-electron chi connectivity index (χ2n) is 3.76. The maximum Gasteiger partial charge on any atom is 0.320 e. The molecule has 0 aromatic carbocycles. The van der Waals surface area contributed by atoms with Gasteiger partial charge < -0.3 is 10.4 Å². The van der Waals surface area contributed by atoms with E-state index in [4.69, 9.17) is 10.4 Å². The topological polar surface area (TPSA) is 93.4 Å². The van der Waals surface area contributed by atoms with Gasteiger partial charge in [-0.05, 0) is 19.4 Å². The van der Waals surface area contributed by atoms with E-state index in [-0.39, 0.29) is 19.0 Å². The third kappa shape index (κ3) is 3.51. The number of piperidine rings is 1. The molecule has 1 saturated heterocycles. The Bertz CT molecular complexity index is 311. The Labute approximate surface area is 93.8 Å². The van der Waals surface area contributed by atoms with Crippen LogP contribution in [0.4, 0.5) is 0 Å². The Morgan fingerprint density at radius 3 is 2.88 bits per heavy atom. The van der Waals surface area contributed by atoms with Gasteiger partial charge in [0.1, 0.15) is 12.6 Å². The van der Waals surface area contributed by atoms with Crippen molar-refractivity contribution in [1.29, 1.82) is 5.26 Å². The van der Waals surface area contributed by atoms with Crippen LogP contribution in [0.25, 0.3) is 0 Å². The number of nitrogens with zero attached hydrogens (tertiary/aromatic N) is 2. The van der Waals surface area contributed by atoms with Crippen LogP contribution in [0.1, 0.15) is 19.3 Å². The van der Waals surface area contributed by atoms with E-state index >= 15 is 0 Å². The Morgan fingerprint density at radius 1 is 1.50 bits per heavy atom. The zero-order valence-corrected chi connectivity index (χ0v) is 8.98. The van der Waals surface area contributed by atoms with Crippen molar-refractivity contribution in [3.63, 3.8) is 0 Å². The van der Waals surface area contributed by atoms with E-state index in [0.29, 0.717) is 13.0 Å². The normalized spacial score (nSPS) is 21.1. The molecule has 1 atom stereocenters. The van der Waals surface area contributed by atoms with E-state index in [2.05, 4.69) is 5.32 Å². The lowest BCUT2D eigenvalue weighted by atomic mass is 10.0. The monoisotopic (exact) mass is 225 g/mol. The molecule has 6 heteroatoms. The van der Waals surface area contributed by atoms with E-state index < -0.39 is 12.0 Å². The summed E-state index contributed by atoms with van der Waals surface area (Å²) < 4.78 is 0. The van der Waals surface area contributed by atoms with E-state index in [1.165, 1.54) is 0 Å². The van der Waals surface area contributed by atoms with Crippen molar-refractivity contribution >= 4 is 11.9 Å². The van der Waals surface area contributed by atoms with E-state index in [0.717, 1.165) is 12.8 Å².